The Labute approximate surface area is 80.1 Å². The summed E-state index contributed by atoms with van der Waals surface area (Å²) in [6, 6.07) is 5.94. The maximum absolute atomic E-state index is 4.20. The fraction of sp³-hybridized carbons (Fsp3) is 0.222. The average Bonchev–Trinajstić information content (AvgIpc) is 2.54. The number of hydrogen-bond donors (Lipinski definition) is 1. The van der Waals surface area contributed by atoms with E-state index < -0.39 is 0 Å². The zero-order valence-corrected chi connectivity index (χ0v) is 8.72. The van der Waals surface area contributed by atoms with E-state index in [1.54, 1.807) is 0 Å². The molecule has 0 fully saturated rings. The summed E-state index contributed by atoms with van der Waals surface area (Å²) >= 11 is 3.29. The van der Waals surface area contributed by atoms with Crippen LogP contribution in [0.4, 0.5) is 0 Å². The summed E-state index contributed by atoms with van der Waals surface area (Å²) in [5.74, 6) is 0. The zero-order chi connectivity index (χ0) is 8.97. The molecule has 0 amide bonds. The number of halogens is 1. The Bertz CT molecular complexity index is 354. The molecule has 3 heteroatoms. The molecule has 2 heterocycles. The van der Waals surface area contributed by atoms with Crippen molar-refractivity contribution in [3.63, 3.8) is 0 Å². The first-order chi connectivity index (χ1) is 5.86. The minimum atomic E-state index is 0.863. The summed E-state index contributed by atoms with van der Waals surface area (Å²) in [6.07, 6.45) is 1.88. The van der Waals surface area contributed by atoms with Gasteiger partial charge in [0.15, 0.2) is 0 Å². The average molecular weight is 227 g/mol. The van der Waals surface area contributed by atoms with Crippen LogP contribution in [0.5, 0.6) is 0 Å². The summed E-state index contributed by atoms with van der Waals surface area (Å²) in [5, 5.41) is 1.14. The third-order valence-electron chi connectivity index (χ3n) is 1.38. The van der Waals surface area contributed by atoms with Gasteiger partial charge in [-0.05, 0) is 34.1 Å². The van der Waals surface area contributed by atoms with Crippen molar-refractivity contribution < 1.29 is 0 Å². The van der Waals surface area contributed by atoms with E-state index in [1.165, 1.54) is 0 Å². The van der Waals surface area contributed by atoms with Gasteiger partial charge in [-0.3, -0.25) is 0 Å². The third kappa shape index (κ3) is 1.85. The predicted octanol–water partition coefficient (Wildman–Crippen LogP) is 3.35. The smallest absolute Gasteiger partial charge is 0.138 e. The molecule has 64 valence electrons. The Balaban J connectivity index is 0.000000336. The van der Waals surface area contributed by atoms with E-state index in [4.69, 9.17) is 0 Å². The van der Waals surface area contributed by atoms with Gasteiger partial charge < -0.3 is 4.98 Å². The van der Waals surface area contributed by atoms with Crippen LogP contribution in [0.3, 0.4) is 0 Å². The topological polar surface area (TPSA) is 28.7 Å². The van der Waals surface area contributed by atoms with Crippen molar-refractivity contribution in [2.45, 2.75) is 13.8 Å². The Kier molecular flexibility index (Phi) is 3.29. The highest BCUT2D eigenvalue weighted by Crippen LogP contribution is 2.13. The molecule has 2 aromatic heterocycles. The molecule has 0 unspecified atom stereocenters. The standard InChI is InChI=1S/C7H5BrN2.C2H6/c8-6-2-1-5-3-4-9-7(5)10-6;1-2/h1-4H,(H,9,10);1-2H3. The molecule has 12 heavy (non-hydrogen) atoms. The monoisotopic (exact) mass is 226 g/mol. The van der Waals surface area contributed by atoms with E-state index in [-0.39, 0.29) is 0 Å². The Hall–Kier alpha value is -0.830. The van der Waals surface area contributed by atoms with Gasteiger partial charge >= 0.3 is 0 Å². The highest BCUT2D eigenvalue weighted by atomic mass is 79.9. The van der Waals surface area contributed by atoms with Gasteiger partial charge in [-0.1, -0.05) is 13.8 Å². The fourth-order valence-corrected chi connectivity index (χ4v) is 1.22. The highest BCUT2D eigenvalue weighted by molar-refractivity contribution is 9.10. The maximum atomic E-state index is 4.20. The van der Waals surface area contributed by atoms with Crippen LogP contribution in [-0.4, -0.2) is 9.97 Å². The van der Waals surface area contributed by atoms with Crippen LogP contribution >= 0.6 is 15.9 Å². The summed E-state index contributed by atoms with van der Waals surface area (Å²) in [4.78, 5) is 7.22. The predicted molar refractivity (Wildman–Crippen MR) is 55.1 cm³/mol. The lowest BCUT2D eigenvalue weighted by Crippen LogP contribution is -1.75. The summed E-state index contributed by atoms with van der Waals surface area (Å²) in [5.41, 5.74) is 0.925. The molecule has 0 aliphatic rings. The largest absolute Gasteiger partial charge is 0.346 e. The van der Waals surface area contributed by atoms with Gasteiger partial charge in [0, 0.05) is 11.6 Å². The molecule has 0 spiro atoms. The third-order valence-corrected chi connectivity index (χ3v) is 1.82. The van der Waals surface area contributed by atoms with E-state index in [2.05, 4.69) is 25.9 Å². The SMILES string of the molecule is Brc1ccc2cc[nH]c2n1.CC. The number of fused-ring (bicyclic) bond motifs is 1. The lowest BCUT2D eigenvalue weighted by atomic mass is 10.3. The molecule has 0 saturated carbocycles. The Morgan fingerprint density at radius 3 is 2.75 bits per heavy atom. The van der Waals surface area contributed by atoms with E-state index in [9.17, 15) is 0 Å². The zero-order valence-electron chi connectivity index (χ0n) is 7.13. The first-order valence-electron chi connectivity index (χ1n) is 3.96. The lowest BCUT2D eigenvalue weighted by Gasteiger charge is -1.88. The number of rotatable bonds is 0. The number of nitrogens with one attached hydrogen (secondary N) is 1. The van der Waals surface area contributed by atoms with Crippen LogP contribution in [0.2, 0.25) is 0 Å². The summed E-state index contributed by atoms with van der Waals surface area (Å²) in [6.45, 7) is 4.00. The van der Waals surface area contributed by atoms with Crippen molar-refractivity contribution >= 4 is 27.0 Å². The molecule has 2 nitrogen and oxygen atoms in total. The second-order valence-corrected chi connectivity index (χ2v) is 2.86. The summed E-state index contributed by atoms with van der Waals surface area (Å²) in [7, 11) is 0. The van der Waals surface area contributed by atoms with Gasteiger partial charge in [0.05, 0.1) is 0 Å². The van der Waals surface area contributed by atoms with Gasteiger partial charge in [0.2, 0.25) is 0 Å². The van der Waals surface area contributed by atoms with Crippen molar-refractivity contribution in [2.24, 2.45) is 0 Å². The molecule has 0 saturated heterocycles. The van der Waals surface area contributed by atoms with Crippen LogP contribution in [0.25, 0.3) is 11.0 Å². The molecular formula is C9H11BrN2. The van der Waals surface area contributed by atoms with Crippen molar-refractivity contribution in [3.05, 3.63) is 29.0 Å². The molecule has 0 aliphatic carbocycles. The minimum absolute atomic E-state index is 0.863. The van der Waals surface area contributed by atoms with Gasteiger partial charge in [0.25, 0.3) is 0 Å². The quantitative estimate of drug-likeness (QED) is 0.687. The van der Waals surface area contributed by atoms with Crippen molar-refractivity contribution in [1.82, 2.24) is 9.97 Å². The second kappa shape index (κ2) is 4.26. The molecule has 0 aliphatic heterocycles. The van der Waals surface area contributed by atoms with Crippen LogP contribution in [0.1, 0.15) is 13.8 Å². The number of nitrogens with zero attached hydrogens (tertiary/aromatic N) is 1. The molecule has 2 rings (SSSR count). The van der Waals surface area contributed by atoms with Crippen molar-refractivity contribution in [2.75, 3.05) is 0 Å². The number of H-pyrrole nitrogens is 1. The lowest BCUT2D eigenvalue weighted by molar-refractivity contribution is 1.29. The number of pyridine rings is 1. The van der Waals surface area contributed by atoms with E-state index in [1.807, 2.05) is 38.2 Å². The molecule has 1 N–H and O–H groups in total. The van der Waals surface area contributed by atoms with Crippen LogP contribution in [0.15, 0.2) is 29.0 Å². The molecular weight excluding hydrogens is 216 g/mol. The van der Waals surface area contributed by atoms with Crippen LogP contribution < -0.4 is 0 Å². The Morgan fingerprint density at radius 1 is 1.25 bits per heavy atom. The molecule has 2 aromatic rings. The van der Waals surface area contributed by atoms with Crippen LogP contribution in [-0.2, 0) is 0 Å². The van der Waals surface area contributed by atoms with E-state index in [0.717, 1.165) is 15.6 Å². The molecule has 0 radical (unpaired) electrons. The number of aromatic amines is 1. The second-order valence-electron chi connectivity index (χ2n) is 2.05. The minimum Gasteiger partial charge on any atom is -0.346 e. The van der Waals surface area contributed by atoms with E-state index >= 15 is 0 Å². The van der Waals surface area contributed by atoms with Gasteiger partial charge in [-0.15, -0.1) is 0 Å². The summed E-state index contributed by atoms with van der Waals surface area (Å²) < 4.78 is 0.863. The fourth-order valence-electron chi connectivity index (χ4n) is 0.907. The first-order valence-corrected chi connectivity index (χ1v) is 4.75. The number of hydrogen-bond acceptors (Lipinski definition) is 1. The van der Waals surface area contributed by atoms with Gasteiger partial charge in [-0.2, -0.15) is 0 Å². The van der Waals surface area contributed by atoms with Crippen molar-refractivity contribution in [3.8, 4) is 0 Å². The Morgan fingerprint density at radius 2 is 2.00 bits per heavy atom. The van der Waals surface area contributed by atoms with Gasteiger partial charge in [0.1, 0.15) is 10.3 Å². The van der Waals surface area contributed by atoms with Crippen LogP contribution in [0, 0.1) is 0 Å². The molecule has 0 aromatic carbocycles. The number of aromatic nitrogens is 2. The van der Waals surface area contributed by atoms with Crippen molar-refractivity contribution in [1.29, 1.82) is 0 Å². The normalized spacial score (nSPS) is 9.25. The van der Waals surface area contributed by atoms with Gasteiger partial charge in [-0.25, -0.2) is 4.98 Å². The first kappa shape index (κ1) is 9.26. The maximum Gasteiger partial charge on any atom is 0.138 e. The molecule has 0 bridgehead atoms. The molecule has 0 atom stereocenters. The van der Waals surface area contributed by atoms with E-state index in [0.29, 0.717) is 0 Å². The highest BCUT2D eigenvalue weighted by Gasteiger charge is 1.93.